The fourth-order valence-electron chi connectivity index (χ4n) is 3.62. The average Bonchev–Trinajstić information content (AvgIpc) is 3.18. The van der Waals surface area contributed by atoms with Gasteiger partial charge in [0, 0.05) is 11.3 Å². The molecule has 1 atom stereocenters. The molecule has 2 heterocycles. The molecule has 2 aromatic carbocycles. The van der Waals surface area contributed by atoms with Gasteiger partial charge >= 0.3 is 0 Å². The van der Waals surface area contributed by atoms with Crippen LogP contribution in [-0.2, 0) is 0 Å². The summed E-state index contributed by atoms with van der Waals surface area (Å²) >= 11 is 0. The predicted molar refractivity (Wildman–Crippen MR) is 102 cm³/mol. The van der Waals surface area contributed by atoms with Crippen molar-refractivity contribution in [2.24, 2.45) is 0 Å². The summed E-state index contributed by atoms with van der Waals surface area (Å²) < 4.78 is 19.1. The van der Waals surface area contributed by atoms with Crippen LogP contribution in [0.2, 0.25) is 0 Å². The van der Waals surface area contributed by atoms with Gasteiger partial charge in [-0.25, -0.2) is 4.39 Å². The van der Waals surface area contributed by atoms with Crippen molar-refractivity contribution in [3.05, 3.63) is 65.8 Å². The van der Waals surface area contributed by atoms with E-state index in [2.05, 4.69) is 28.1 Å². The summed E-state index contributed by atoms with van der Waals surface area (Å²) in [5.74, 6) is 1.05. The lowest BCUT2D eigenvalue weighted by molar-refractivity contribution is -0.931. The maximum Gasteiger partial charge on any atom is 0.274 e. The van der Waals surface area contributed by atoms with Gasteiger partial charge in [0.05, 0.1) is 26.2 Å². The van der Waals surface area contributed by atoms with Crippen LogP contribution < -0.4 is 9.80 Å². The van der Waals surface area contributed by atoms with Crippen molar-refractivity contribution in [3.63, 3.8) is 0 Å². The number of halogens is 1. The third-order valence-electron chi connectivity index (χ3n) is 5.29. The molecule has 6 heteroatoms. The Hall–Kier alpha value is -2.73. The van der Waals surface area contributed by atoms with Crippen molar-refractivity contribution in [2.45, 2.75) is 19.9 Å². The number of hydrogen-bond donors (Lipinski definition) is 1. The largest absolute Gasteiger partial charge is 0.415 e. The molecule has 1 fully saturated rings. The van der Waals surface area contributed by atoms with Crippen molar-refractivity contribution < 1.29 is 13.7 Å². The normalized spacial score (nSPS) is 16.5. The van der Waals surface area contributed by atoms with Crippen LogP contribution in [0.5, 0.6) is 0 Å². The Morgan fingerprint density at radius 3 is 2.52 bits per heavy atom. The van der Waals surface area contributed by atoms with E-state index in [1.165, 1.54) is 22.6 Å². The molecule has 4 rings (SSSR count). The molecular formula is C21H24FN4O+. The molecule has 1 aromatic heterocycles. The molecule has 0 unspecified atom stereocenters. The molecule has 0 radical (unpaired) electrons. The lowest BCUT2D eigenvalue weighted by Gasteiger charge is -2.35. The fraction of sp³-hybridized carbons (Fsp3) is 0.333. The summed E-state index contributed by atoms with van der Waals surface area (Å²) in [6, 6.07) is 15.0. The van der Waals surface area contributed by atoms with Gasteiger partial charge in [-0.1, -0.05) is 17.7 Å². The Labute approximate surface area is 158 Å². The Morgan fingerprint density at radius 1 is 1.07 bits per heavy atom. The quantitative estimate of drug-likeness (QED) is 0.770. The maximum atomic E-state index is 13.1. The van der Waals surface area contributed by atoms with Gasteiger partial charge < -0.3 is 14.2 Å². The standard InChI is InChI=1S/C21H23FN4O/c1-15-4-3-5-17(14-15)21-24-23-20(27-21)16(2)25-10-12-26(13-11-25)19-8-6-18(22)7-9-19/h3-9,14,16H,10-13H2,1-2H3/p+1/t16-/m1/s1. The van der Waals surface area contributed by atoms with Gasteiger partial charge in [-0.3, -0.25) is 0 Å². The highest BCUT2D eigenvalue weighted by Crippen LogP contribution is 2.21. The van der Waals surface area contributed by atoms with Crippen molar-refractivity contribution in [2.75, 3.05) is 31.1 Å². The Kier molecular flexibility index (Phi) is 4.90. The van der Waals surface area contributed by atoms with Gasteiger partial charge in [0.15, 0.2) is 6.04 Å². The summed E-state index contributed by atoms with van der Waals surface area (Å²) in [6.07, 6.45) is 0. The monoisotopic (exact) mass is 367 g/mol. The summed E-state index contributed by atoms with van der Waals surface area (Å²) in [4.78, 5) is 3.72. The van der Waals surface area contributed by atoms with Crippen LogP contribution in [0.3, 0.4) is 0 Å². The van der Waals surface area contributed by atoms with Gasteiger partial charge in [0.1, 0.15) is 5.82 Å². The summed E-state index contributed by atoms with van der Waals surface area (Å²) in [5, 5.41) is 8.53. The van der Waals surface area contributed by atoms with Gasteiger partial charge in [0.2, 0.25) is 5.89 Å². The molecule has 1 N–H and O–H groups in total. The van der Waals surface area contributed by atoms with Crippen LogP contribution in [0.1, 0.15) is 24.4 Å². The highest BCUT2D eigenvalue weighted by Gasteiger charge is 2.29. The summed E-state index contributed by atoms with van der Waals surface area (Å²) in [6.45, 7) is 7.97. The van der Waals surface area contributed by atoms with E-state index in [1.54, 1.807) is 0 Å². The third kappa shape index (κ3) is 3.85. The van der Waals surface area contributed by atoms with E-state index in [0.717, 1.165) is 37.4 Å². The minimum Gasteiger partial charge on any atom is -0.415 e. The second-order valence-corrected chi connectivity index (χ2v) is 7.16. The zero-order valence-corrected chi connectivity index (χ0v) is 15.7. The Morgan fingerprint density at radius 2 is 1.81 bits per heavy atom. The van der Waals surface area contributed by atoms with Crippen molar-refractivity contribution >= 4 is 5.69 Å². The lowest BCUT2D eigenvalue weighted by atomic mass is 10.1. The highest BCUT2D eigenvalue weighted by molar-refractivity contribution is 5.53. The molecule has 0 aliphatic carbocycles. The highest BCUT2D eigenvalue weighted by atomic mass is 19.1. The van der Waals surface area contributed by atoms with Crippen LogP contribution >= 0.6 is 0 Å². The van der Waals surface area contributed by atoms with Crippen LogP contribution in [0.4, 0.5) is 10.1 Å². The van der Waals surface area contributed by atoms with Gasteiger partial charge in [-0.2, -0.15) is 0 Å². The first-order valence-corrected chi connectivity index (χ1v) is 9.36. The Bertz CT molecular complexity index is 901. The number of aryl methyl sites for hydroxylation is 1. The minimum absolute atomic E-state index is 0.145. The number of rotatable bonds is 4. The van der Waals surface area contributed by atoms with Crippen molar-refractivity contribution in [1.82, 2.24) is 10.2 Å². The maximum absolute atomic E-state index is 13.1. The molecule has 140 valence electrons. The van der Waals surface area contributed by atoms with E-state index in [0.29, 0.717) is 11.8 Å². The van der Waals surface area contributed by atoms with Crippen LogP contribution in [-0.4, -0.2) is 36.4 Å². The predicted octanol–water partition coefficient (Wildman–Crippen LogP) is 2.65. The molecule has 0 spiro atoms. The number of benzene rings is 2. The number of quaternary nitrogens is 1. The lowest BCUT2D eigenvalue weighted by Crippen LogP contribution is -3.14. The molecule has 27 heavy (non-hydrogen) atoms. The first-order chi connectivity index (χ1) is 13.1. The van der Waals surface area contributed by atoms with E-state index in [9.17, 15) is 4.39 Å². The molecule has 1 aliphatic heterocycles. The van der Waals surface area contributed by atoms with Crippen LogP contribution in [0.15, 0.2) is 52.9 Å². The zero-order valence-electron chi connectivity index (χ0n) is 15.7. The number of nitrogens with one attached hydrogen (secondary N) is 1. The first kappa shape index (κ1) is 17.7. The molecule has 0 saturated carbocycles. The fourth-order valence-corrected chi connectivity index (χ4v) is 3.62. The number of aromatic nitrogens is 2. The second kappa shape index (κ2) is 7.48. The van der Waals surface area contributed by atoms with E-state index in [4.69, 9.17) is 4.42 Å². The smallest absolute Gasteiger partial charge is 0.274 e. The Balaban J connectivity index is 1.41. The molecule has 3 aromatic rings. The first-order valence-electron chi connectivity index (χ1n) is 9.36. The van der Waals surface area contributed by atoms with E-state index in [-0.39, 0.29) is 11.9 Å². The molecule has 1 saturated heterocycles. The van der Waals surface area contributed by atoms with E-state index >= 15 is 0 Å². The molecule has 0 bridgehead atoms. The minimum atomic E-state index is -0.197. The summed E-state index contributed by atoms with van der Waals surface area (Å²) in [5.41, 5.74) is 3.20. The number of piperazine rings is 1. The molecule has 5 nitrogen and oxygen atoms in total. The van der Waals surface area contributed by atoms with Gasteiger partial charge in [-0.05, 0) is 50.2 Å². The summed E-state index contributed by atoms with van der Waals surface area (Å²) in [7, 11) is 0. The topological polar surface area (TPSA) is 46.6 Å². The number of hydrogen-bond acceptors (Lipinski definition) is 4. The van der Waals surface area contributed by atoms with E-state index in [1.807, 2.05) is 37.3 Å². The van der Waals surface area contributed by atoms with Gasteiger partial charge in [-0.15, -0.1) is 10.2 Å². The molecular weight excluding hydrogens is 343 g/mol. The van der Waals surface area contributed by atoms with Crippen molar-refractivity contribution in [3.8, 4) is 11.5 Å². The SMILES string of the molecule is Cc1cccc(-c2nnc([C@@H](C)[NH+]3CCN(c4ccc(F)cc4)CC3)o2)c1. The van der Waals surface area contributed by atoms with Crippen LogP contribution in [0, 0.1) is 12.7 Å². The molecule has 0 amide bonds. The van der Waals surface area contributed by atoms with Crippen molar-refractivity contribution in [1.29, 1.82) is 0 Å². The van der Waals surface area contributed by atoms with E-state index < -0.39 is 0 Å². The zero-order chi connectivity index (χ0) is 18.8. The number of anilines is 1. The number of nitrogens with zero attached hydrogens (tertiary/aromatic N) is 3. The van der Waals surface area contributed by atoms with Crippen LogP contribution in [0.25, 0.3) is 11.5 Å². The third-order valence-corrected chi connectivity index (χ3v) is 5.29. The van der Waals surface area contributed by atoms with Gasteiger partial charge in [0.25, 0.3) is 5.89 Å². The molecule has 1 aliphatic rings. The second-order valence-electron chi connectivity index (χ2n) is 7.16. The average molecular weight is 367 g/mol.